The van der Waals surface area contributed by atoms with Gasteiger partial charge in [-0.15, -0.1) is 22.7 Å². The summed E-state index contributed by atoms with van der Waals surface area (Å²) < 4.78 is 5.02. The first-order chi connectivity index (χ1) is 58.5. The van der Waals surface area contributed by atoms with Gasteiger partial charge in [0.05, 0.1) is 22.7 Å². The van der Waals surface area contributed by atoms with Gasteiger partial charge in [-0.05, 0) is 232 Å². The van der Waals surface area contributed by atoms with Crippen LogP contribution >= 0.6 is 22.7 Å². The predicted octanol–water partition coefficient (Wildman–Crippen LogP) is 33.7. The van der Waals surface area contributed by atoms with E-state index in [1.54, 1.807) is 0 Å². The fraction of sp³-hybridized carbons (Fsp3) is 0. The first kappa shape index (κ1) is 67.7. The minimum atomic E-state index is 1.07. The molecule has 0 aliphatic carbocycles. The Morgan fingerprint density at radius 2 is 0.559 bits per heavy atom. The van der Waals surface area contributed by atoms with E-state index in [1.165, 1.54) is 176 Å². The summed E-state index contributed by atoms with van der Waals surface area (Å²) in [6.45, 7) is 0. The number of rotatable bonds is 12. The van der Waals surface area contributed by atoms with E-state index in [0.29, 0.717) is 0 Å². The van der Waals surface area contributed by atoms with E-state index < -0.39 is 0 Å². The number of hydrogen-bond acceptors (Lipinski definition) is 4. The van der Waals surface area contributed by atoms with Gasteiger partial charge in [-0.3, -0.25) is 0 Å². The summed E-state index contributed by atoms with van der Waals surface area (Å²) >= 11 is 3.79. The zero-order valence-corrected chi connectivity index (χ0v) is 65.8. The molecule has 0 saturated carbocycles. The van der Waals surface area contributed by atoms with Crippen molar-refractivity contribution in [2.75, 3.05) is 9.80 Å². The zero-order chi connectivity index (χ0) is 77.5. The number of hydrogen-bond donors (Lipinski definition) is 0. The molecular weight excluding hydrogens is 1460 g/mol. The molecule has 118 heavy (non-hydrogen) atoms. The van der Waals surface area contributed by atoms with Gasteiger partial charge in [-0.2, -0.15) is 0 Å². The van der Waals surface area contributed by atoms with Crippen LogP contribution in [-0.4, -0.2) is 0 Å². The van der Waals surface area contributed by atoms with E-state index in [-0.39, 0.29) is 0 Å². The van der Waals surface area contributed by atoms with E-state index in [4.69, 9.17) is 0 Å². The molecule has 2 nitrogen and oxygen atoms in total. The summed E-state index contributed by atoms with van der Waals surface area (Å²) in [5.41, 5.74) is 20.6. The maximum Gasteiger partial charge on any atom is 0.0555 e. The molecule has 0 atom stereocenters. The summed E-state index contributed by atoms with van der Waals surface area (Å²) in [5.74, 6) is 0. The lowest BCUT2D eigenvalue weighted by molar-refractivity contribution is 1.31. The van der Waals surface area contributed by atoms with Gasteiger partial charge in [0.2, 0.25) is 0 Å². The number of nitrogens with zero attached hydrogens (tertiary/aromatic N) is 2. The molecule has 4 heteroatoms. The monoisotopic (exact) mass is 1530 g/mol. The van der Waals surface area contributed by atoms with Gasteiger partial charge < -0.3 is 9.80 Å². The van der Waals surface area contributed by atoms with Gasteiger partial charge in [-0.1, -0.05) is 340 Å². The van der Waals surface area contributed by atoms with Crippen molar-refractivity contribution in [2.45, 2.75) is 0 Å². The molecule has 0 radical (unpaired) electrons. The first-order valence-corrected chi connectivity index (χ1v) is 42.2. The van der Waals surface area contributed by atoms with E-state index >= 15 is 0 Å². The Morgan fingerprint density at radius 3 is 1.24 bits per heavy atom. The standard InChI is InChI=1S/C114H70N2S2/c1-2-23-71(24-3-1)89-62-64-105(98-42-19-18-38-94(89)98)115(83-30-20-29-79(65-83)86-34-12-13-39-95(86)104-70-81-28-7-10-33-88(81)93-37-15-17-41-97(93)104)107-43-21-46-110-112(107)100-60-56-76-51-53-77(68-103(76)114(100)118-110)78-57-63-106(102(67-78)75-49-47-74(48-50-75)101-69-80-27-6-9-32-87(80)92-36-14-16-40-96(92)101)116(84-58-61-90-82(66-84)54-52-72-25-4-8-31-85(72)90)108-44-22-45-109-111(108)99-59-55-73-26-5-11-35-91(73)113(99)117-109/h1-70H. The second-order valence-corrected chi connectivity index (χ2v) is 33.3. The molecule has 0 N–H and O–H groups in total. The molecule has 2 heterocycles. The third kappa shape index (κ3) is 11.0. The minimum Gasteiger partial charge on any atom is -0.309 e. The second-order valence-electron chi connectivity index (χ2n) is 31.2. The smallest absolute Gasteiger partial charge is 0.0555 e. The van der Waals surface area contributed by atoms with Gasteiger partial charge in [-0.25, -0.2) is 0 Å². The molecule has 548 valence electrons. The summed E-state index contributed by atoms with van der Waals surface area (Å²) in [4.78, 5) is 5.11. The second kappa shape index (κ2) is 27.5. The molecule has 0 unspecified atom stereocenters. The van der Waals surface area contributed by atoms with Crippen molar-refractivity contribution >= 4 is 194 Å². The van der Waals surface area contributed by atoms with Crippen molar-refractivity contribution in [1.29, 1.82) is 0 Å². The van der Waals surface area contributed by atoms with Crippen LogP contribution in [0.4, 0.5) is 34.1 Å². The first-order valence-electron chi connectivity index (χ1n) is 40.6. The van der Waals surface area contributed by atoms with Crippen LogP contribution in [0.3, 0.4) is 0 Å². The predicted molar refractivity (Wildman–Crippen MR) is 512 cm³/mol. The lowest BCUT2D eigenvalue weighted by Gasteiger charge is -2.29. The van der Waals surface area contributed by atoms with E-state index in [0.717, 1.165) is 61.9 Å². The van der Waals surface area contributed by atoms with Crippen LogP contribution in [0.15, 0.2) is 425 Å². The maximum absolute atomic E-state index is 2.56. The Kier molecular flexibility index (Phi) is 15.8. The largest absolute Gasteiger partial charge is 0.309 e. The van der Waals surface area contributed by atoms with Crippen molar-refractivity contribution in [1.82, 2.24) is 0 Å². The molecule has 0 spiro atoms. The summed E-state index contributed by atoms with van der Waals surface area (Å²) in [7, 11) is 0. The molecule has 24 rings (SSSR count). The van der Waals surface area contributed by atoms with Gasteiger partial charge in [0.25, 0.3) is 0 Å². The highest BCUT2D eigenvalue weighted by Gasteiger charge is 2.27. The highest BCUT2D eigenvalue weighted by atomic mass is 32.1. The molecule has 22 aromatic carbocycles. The summed E-state index contributed by atoms with van der Waals surface area (Å²) in [5, 5.41) is 27.1. The Balaban J connectivity index is 0.702. The van der Waals surface area contributed by atoms with Gasteiger partial charge in [0.1, 0.15) is 0 Å². The van der Waals surface area contributed by atoms with E-state index in [1.807, 2.05) is 22.7 Å². The molecule has 0 saturated heterocycles. The Morgan fingerprint density at radius 1 is 0.153 bits per heavy atom. The average Bonchev–Trinajstić information content (AvgIpc) is 1.51. The Labute approximate surface area is 690 Å². The number of benzene rings is 22. The number of thiophene rings is 2. The Hall–Kier alpha value is -14.8. The fourth-order valence-electron chi connectivity index (χ4n) is 19.3. The molecule has 2 aromatic heterocycles. The van der Waals surface area contributed by atoms with Crippen LogP contribution < -0.4 is 9.80 Å². The van der Waals surface area contributed by atoms with Crippen LogP contribution in [0.25, 0.3) is 204 Å². The number of fused-ring (bicyclic) bond motifs is 20. The van der Waals surface area contributed by atoms with Crippen molar-refractivity contribution in [3.63, 3.8) is 0 Å². The highest BCUT2D eigenvalue weighted by molar-refractivity contribution is 7.27. The normalized spacial score (nSPS) is 11.9. The van der Waals surface area contributed by atoms with Crippen molar-refractivity contribution < 1.29 is 0 Å². The van der Waals surface area contributed by atoms with Crippen LogP contribution in [0, 0.1) is 0 Å². The quantitative estimate of drug-likeness (QED) is 0.113. The van der Waals surface area contributed by atoms with Crippen LogP contribution in [0.5, 0.6) is 0 Å². The van der Waals surface area contributed by atoms with Crippen LogP contribution in [-0.2, 0) is 0 Å². The summed E-state index contributed by atoms with van der Waals surface area (Å²) in [6.07, 6.45) is 0. The van der Waals surface area contributed by atoms with Gasteiger partial charge >= 0.3 is 0 Å². The molecular formula is C114H70N2S2. The minimum absolute atomic E-state index is 1.07. The fourth-order valence-corrected chi connectivity index (χ4v) is 21.8. The molecule has 0 amide bonds. The molecule has 0 fully saturated rings. The van der Waals surface area contributed by atoms with Gasteiger partial charge in [0, 0.05) is 68.1 Å². The average molecular weight is 1530 g/mol. The SMILES string of the molecule is c1ccc(-c2ccc(N(c3cccc(-c4ccccc4-c4cc5ccccc5c5ccccc45)c3)c3cccc4sc5c6cc(-c7ccc(N(c8ccc9c(ccc%10ccccc%109)c8)c8cccc9sc%10c%11ccccc%11ccc%10c89)c(-c8ccc(-c9cc%10ccccc%10c%10ccccc9%10)cc8)c7)ccc6ccc5c34)c3ccccc23)cc1. The Bertz CT molecular complexity index is 8280. The lowest BCUT2D eigenvalue weighted by atomic mass is 9.89. The third-order valence-electron chi connectivity index (χ3n) is 24.8. The van der Waals surface area contributed by atoms with Crippen molar-refractivity contribution in [3.8, 4) is 66.8 Å². The molecule has 0 bridgehead atoms. The highest BCUT2D eigenvalue weighted by Crippen LogP contribution is 2.54. The van der Waals surface area contributed by atoms with Crippen LogP contribution in [0.2, 0.25) is 0 Å². The third-order valence-corrected chi connectivity index (χ3v) is 27.2. The van der Waals surface area contributed by atoms with Crippen molar-refractivity contribution in [2.24, 2.45) is 0 Å². The van der Waals surface area contributed by atoms with E-state index in [9.17, 15) is 0 Å². The molecule has 0 aliphatic heterocycles. The molecule has 24 aromatic rings. The zero-order valence-electron chi connectivity index (χ0n) is 64.1. The topological polar surface area (TPSA) is 6.48 Å². The molecule has 0 aliphatic rings. The van der Waals surface area contributed by atoms with Crippen LogP contribution in [0.1, 0.15) is 0 Å². The maximum atomic E-state index is 2.56. The van der Waals surface area contributed by atoms with E-state index in [2.05, 4.69) is 434 Å². The number of anilines is 6. The summed E-state index contributed by atoms with van der Waals surface area (Å²) in [6, 6.07) is 159. The van der Waals surface area contributed by atoms with Crippen molar-refractivity contribution in [3.05, 3.63) is 425 Å². The lowest BCUT2D eigenvalue weighted by Crippen LogP contribution is -2.12. The van der Waals surface area contributed by atoms with Gasteiger partial charge in [0.15, 0.2) is 0 Å².